The summed E-state index contributed by atoms with van der Waals surface area (Å²) in [5.74, 6) is 0.662. The zero-order valence-corrected chi connectivity index (χ0v) is 11.1. The Kier molecular flexibility index (Phi) is 3.23. The topological polar surface area (TPSA) is 85.7 Å². The Hall–Kier alpha value is -2.95. The number of benzene rings is 2. The molecule has 3 aromatic rings. The van der Waals surface area contributed by atoms with Gasteiger partial charge >= 0.3 is 5.63 Å². The number of phenols is 1. The SMILES string of the molecule is Nc1cccc(OCc2cc(=O)oc3cc(O)ccc23)c1. The minimum absolute atomic E-state index is 0.0413. The number of phenolic OH excluding ortho intramolecular Hbond substituents is 1. The second-order valence-electron chi connectivity index (χ2n) is 4.63. The Labute approximate surface area is 120 Å². The number of nitrogen functional groups attached to an aromatic ring is 1. The first-order chi connectivity index (χ1) is 10.1. The first kappa shape index (κ1) is 13.1. The van der Waals surface area contributed by atoms with Gasteiger partial charge < -0.3 is 20.0 Å². The van der Waals surface area contributed by atoms with E-state index in [1.807, 2.05) is 0 Å². The monoisotopic (exact) mass is 283 g/mol. The van der Waals surface area contributed by atoms with E-state index in [-0.39, 0.29) is 12.4 Å². The fourth-order valence-corrected chi connectivity index (χ4v) is 2.10. The minimum atomic E-state index is -0.487. The Balaban J connectivity index is 1.95. The van der Waals surface area contributed by atoms with Crippen LogP contribution in [0.5, 0.6) is 11.5 Å². The van der Waals surface area contributed by atoms with Crippen molar-refractivity contribution in [2.75, 3.05) is 5.73 Å². The Morgan fingerprint density at radius 3 is 2.81 bits per heavy atom. The van der Waals surface area contributed by atoms with Crippen LogP contribution in [0, 0.1) is 0 Å². The van der Waals surface area contributed by atoms with Crippen molar-refractivity contribution in [3.63, 3.8) is 0 Å². The van der Waals surface area contributed by atoms with Crippen LogP contribution < -0.4 is 16.1 Å². The van der Waals surface area contributed by atoms with Crippen LogP contribution in [0.15, 0.2) is 57.7 Å². The van der Waals surface area contributed by atoms with Crippen molar-refractivity contribution in [2.45, 2.75) is 6.61 Å². The summed E-state index contributed by atoms with van der Waals surface area (Å²) in [4.78, 5) is 11.6. The van der Waals surface area contributed by atoms with Crippen molar-refractivity contribution in [1.82, 2.24) is 0 Å². The van der Waals surface area contributed by atoms with Gasteiger partial charge in [0.25, 0.3) is 0 Å². The fraction of sp³-hybridized carbons (Fsp3) is 0.0625. The van der Waals surface area contributed by atoms with Gasteiger partial charge in [-0.25, -0.2) is 4.79 Å². The van der Waals surface area contributed by atoms with Crippen molar-refractivity contribution in [3.8, 4) is 11.5 Å². The summed E-state index contributed by atoms with van der Waals surface area (Å²) in [6.45, 7) is 0.205. The number of anilines is 1. The highest BCUT2D eigenvalue weighted by atomic mass is 16.5. The summed E-state index contributed by atoms with van der Waals surface area (Å²) in [6.07, 6.45) is 0. The van der Waals surface area contributed by atoms with Crippen LogP contribution in [0.25, 0.3) is 11.0 Å². The minimum Gasteiger partial charge on any atom is -0.508 e. The zero-order valence-electron chi connectivity index (χ0n) is 11.1. The summed E-state index contributed by atoms with van der Waals surface area (Å²) in [6, 6.07) is 13.1. The van der Waals surface area contributed by atoms with E-state index in [1.165, 1.54) is 18.2 Å². The van der Waals surface area contributed by atoms with Gasteiger partial charge in [-0.1, -0.05) is 6.07 Å². The van der Waals surface area contributed by atoms with Crippen molar-refractivity contribution < 1.29 is 14.3 Å². The predicted molar refractivity (Wildman–Crippen MR) is 79.3 cm³/mol. The third kappa shape index (κ3) is 2.81. The average molecular weight is 283 g/mol. The molecule has 2 aromatic carbocycles. The molecule has 0 radical (unpaired) electrons. The molecule has 5 heteroatoms. The summed E-state index contributed by atoms with van der Waals surface area (Å²) in [5.41, 5.74) is 6.82. The number of hydrogen-bond donors (Lipinski definition) is 2. The van der Waals surface area contributed by atoms with E-state index < -0.39 is 5.63 Å². The van der Waals surface area contributed by atoms with E-state index in [2.05, 4.69) is 0 Å². The molecule has 3 N–H and O–H groups in total. The van der Waals surface area contributed by atoms with Gasteiger partial charge in [-0.05, 0) is 24.3 Å². The van der Waals surface area contributed by atoms with Gasteiger partial charge in [-0.3, -0.25) is 0 Å². The van der Waals surface area contributed by atoms with Gasteiger partial charge in [0.2, 0.25) is 0 Å². The van der Waals surface area contributed by atoms with Crippen LogP contribution in [-0.4, -0.2) is 5.11 Å². The molecular weight excluding hydrogens is 270 g/mol. The first-order valence-corrected chi connectivity index (χ1v) is 6.36. The van der Waals surface area contributed by atoms with Crippen LogP contribution in [0.3, 0.4) is 0 Å². The molecular formula is C16H13NO4. The molecule has 0 saturated carbocycles. The van der Waals surface area contributed by atoms with Crippen molar-refractivity contribution in [1.29, 1.82) is 0 Å². The molecule has 0 aliphatic heterocycles. The molecule has 0 spiro atoms. The lowest BCUT2D eigenvalue weighted by molar-refractivity contribution is 0.307. The largest absolute Gasteiger partial charge is 0.508 e. The summed E-state index contributed by atoms with van der Waals surface area (Å²) >= 11 is 0. The van der Waals surface area contributed by atoms with Crippen molar-refractivity contribution in [2.24, 2.45) is 0 Å². The van der Waals surface area contributed by atoms with Gasteiger partial charge in [-0.15, -0.1) is 0 Å². The second kappa shape index (κ2) is 5.20. The van der Waals surface area contributed by atoms with Gasteiger partial charge in [0.1, 0.15) is 23.7 Å². The Morgan fingerprint density at radius 2 is 2.00 bits per heavy atom. The van der Waals surface area contributed by atoms with Crippen LogP contribution >= 0.6 is 0 Å². The van der Waals surface area contributed by atoms with Crippen molar-refractivity contribution >= 4 is 16.7 Å². The molecule has 0 atom stereocenters. The highest BCUT2D eigenvalue weighted by molar-refractivity contribution is 5.81. The Bertz CT molecular complexity index is 854. The molecule has 5 nitrogen and oxygen atoms in total. The van der Waals surface area contributed by atoms with E-state index in [4.69, 9.17) is 14.9 Å². The molecule has 0 aliphatic rings. The molecule has 1 heterocycles. The highest BCUT2D eigenvalue weighted by Crippen LogP contribution is 2.23. The maximum Gasteiger partial charge on any atom is 0.336 e. The van der Waals surface area contributed by atoms with Gasteiger partial charge in [-0.2, -0.15) is 0 Å². The fourth-order valence-electron chi connectivity index (χ4n) is 2.10. The van der Waals surface area contributed by atoms with Crippen molar-refractivity contribution in [3.05, 3.63) is 64.5 Å². The summed E-state index contributed by atoms with van der Waals surface area (Å²) in [7, 11) is 0. The molecule has 3 rings (SSSR count). The number of rotatable bonds is 3. The first-order valence-electron chi connectivity index (χ1n) is 6.36. The molecule has 0 bridgehead atoms. The van der Waals surface area contributed by atoms with Gasteiger partial charge in [0.15, 0.2) is 0 Å². The standard InChI is InChI=1S/C16H13NO4/c17-11-2-1-3-13(7-11)20-9-10-6-16(19)21-15-8-12(18)4-5-14(10)15/h1-8,18H,9,17H2. The molecule has 106 valence electrons. The maximum atomic E-state index is 11.6. The normalized spacial score (nSPS) is 10.7. The molecule has 21 heavy (non-hydrogen) atoms. The van der Waals surface area contributed by atoms with Gasteiger partial charge in [0, 0.05) is 34.8 Å². The maximum absolute atomic E-state index is 11.6. The molecule has 0 unspecified atom stereocenters. The predicted octanol–water partition coefficient (Wildman–Crippen LogP) is 2.66. The molecule has 0 aliphatic carbocycles. The van der Waals surface area contributed by atoms with E-state index in [1.54, 1.807) is 30.3 Å². The van der Waals surface area contributed by atoms with Gasteiger partial charge in [0.05, 0.1) is 0 Å². The lowest BCUT2D eigenvalue weighted by Crippen LogP contribution is -2.04. The number of ether oxygens (including phenoxy) is 1. The quantitative estimate of drug-likeness (QED) is 0.570. The number of fused-ring (bicyclic) bond motifs is 1. The number of aromatic hydroxyl groups is 1. The van der Waals surface area contributed by atoms with E-state index in [9.17, 15) is 9.90 Å². The van der Waals surface area contributed by atoms with Crippen LogP contribution in [0.2, 0.25) is 0 Å². The lowest BCUT2D eigenvalue weighted by Gasteiger charge is -2.09. The third-order valence-electron chi connectivity index (χ3n) is 3.07. The van der Waals surface area contributed by atoms with E-state index in [0.29, 0.717) is 22.6 Å². The number of hydrogen-bond acceptors (Lipinski definition) is 5. The second-order valence-corrected chi connectivity index (χ2v) is 4.63. The smallest absolute Gasteiger partial charge is 0.336 e. The van der Waals surface area contributed by atoms with Crippen LogP contribution in [0.4, 0.5) is 5.69 Å². The average Bonchev–Trinajstić information content (AvgIpc) is 2.44. The van der Waals surface area contributed by atoms with E-state index >= 15 is 0 Å². The zero-order chi connectivity index (χ0) is 14.8. The molecule has 1 aromatic heterocycles. The van der Waals surface area contributed by atoms with E-state index in [0.717, 1.165) is 5.39 Å². The lowest BCUT2D eigenvalue weighted by atomic mass is 10.1. The summed E-state index contributed by atoms with van der Waals surface area (Å²) in [5, 5.41) is 10.2. The van der Waals surface area contributed by atoms with Crippen LogP contribution in [0.1, 0.15) is 5.56 Å². The highest BCUT2D eigenvalue weighted by Gasteiger charge is 2.07. The summed E-state index contributed by atoms with van der Waals surface area (Å²) < 4.78 is 10.7. The number of nitrogens with two attached hydrogens (primary N) is 1. The molecule has 0 fully saturated rings. The molecule has 0 amide bonds. The molecule has 0 saturated heterocycles. The van der Waals surface area contributed by atoms with Crippen LogP contribution in [-0.2, 0) is 6.61 Å². The third-order valence-corrected chi connectivity index (χ3v) is 3.07. The Morgan fingerprint density at radius 1 is 1.14 bits per heavy atom.